The first-order valence-corrected chi connectivity index (χ1v) is 15.4. The van der Waals surface area contributed by atoms with Crippen LogP contribution in [0.15, 0.2) is 60.7 Å². The highest BCUT2D eigenvalue weighted by Gasteiger charge is 2.37. The zero-order chi connectivity index (χ0) is 33.6. The van der Waals surface area contributed by atoms with Gasteiger partial charge in [0.15, 0.2) is 0 Å². The molecule has 0 saturated carbocycles. The topological polar surface area (TPSA) is 145 Å². The normalized spacial score (nSPS) is 15.6. The van der Waals surface area contributed by atoms with Crippen LogP contribution >= 0.6 is 0 Å². The van der Waals surface area contributed by atoms with Gasteiger partial charge in [0, 0.05) is 12.8 Å². The number of amides is 3. The molecule has 0 aliphatic carbocycles. The van der Waals surface area contributed by atoms with Gasteiger partial charge in [-0.15, -0.1) is 0 Å². The van der Waals surface area contributed by atoms with Crippen LogP contribution in [0.1, 0.15) is 58.1 Å². The molecule has 3 N–H and O–H groups in total. The number of fused-ring (bicyclic) bond motifs is 2. The number of rotatable bonds is 11. The van der Waals surface area contributed by atoms with E-state index in [1.165, 1.54) is 4.90 Å². The monoisotopic (exact) mass is 630 g/mol. The van der Waals surface area contributed by atoms with Crippen molar-refractivity contribution in [1.82, 2.24) is 10.6 Å². The number of carboxylic acids is 1. The van der Waals surface area contributed by atoms with Gasteiger partial charge >= 0.3 is 11.9 Å². The Labute approximate surface area is 268 Å². The van der Waals surface area contributed by atoms with E-state index in [-0.39, 0.29) is 44.8 Å². The minimum absolute atomic E-state index is 0.0498. The second kappa shape index (κ2) is 14.6. The highest BCUT2D eigenvalue weighted by Crippen LogP contribution is 2.36. The molecule has 3 amide bonds. The molecule has 11 nitrogen and oxygen atoms in total. The van der Waals surface area contributed by atoms with Crippen LogP contribution in [0.25, 0.3) is 10.8 Å². The highest BCUT2D eigenvalue weighted by molar-refractivity contribution is 6.08. The summed E-state index contributed by atoms with van der Waals surface area (Å²) >= 11 is 0. The Morgan fingerprint density at radius 1 is 0.978 bits per heavy atom. The maximum absolute atomic E-state index is 14.4. The summed E-state index contributed by atoms with van der Waals surface area (Å²) in [6.07, 6.45) is -0.0955. The summed E-state index contributed by atoms with van der Waals surface area (Å²) in [6, 6.07) is 17.0. The lowest BCUT2D eigenvalue weighted by Crippen LogP contribution is -2.56. The number of para-hydroxylation sites is 2. The van der Waals surface area contributed by atoms with Gasteiger partial charge in [-0.3, -0.25) is 29.3 Å². The Morgan fingerprint density at radius 3 is 2.35 bits per heavy atom. The molecule has 0 fully saturated rings. The van der Waals surface area contributed by atoms with Crippen LogP contribution < -0.4 is 20.4 Å². The number of hydrogen-bond acceptors (Lipinski definition) is 7. The molecule has 0 bridgehead atoms. The number of carbonyl (C=O) groups is 5. The van der Waals surface area contributed by atoms with Crippen LogP contribution in [0, 0.1) is 6.92 Å². The Balaban J connectivity index is 1.68. The van der Waals surface area contributed by atoms with Gasteiger partial charge in [-0.25, -0.2) is 0 Å². The number of anilines is 2. The van der Waals surface area contributed by atoms with Crippen LogP contribution in [-0.2, 0) is 35.3 Å². The second-order valence-corrected chi connectivity index (χ2v) is 12.5. The molecule has 0 radical (unpaired) electrons. The molecule has 2 atom stereocenters. The summed E-state index contributed by atoms with van der Waals surface area (Å²) in [5.41, 5.74) is 2.22. The van der Waals surface area contributed by atoms with Crippen LogP contribution in [0.2, 0.25) is 0 Å². The van der Waals surface area contributed by atoms with Gasteiger partial charge in [-0.05, 0) is 75.1 Å². The zero-order valence-electron chi connectivity index (χ0n) is 27.0. The third-order valence-electron chi connectivity index (χ3n) is 7.75. The van der Waals surface area contributed by atoms with Crippen molar-refractivity contribution >= 4 is 51.8 Å². The number of nitrogens with zero attached hydrogens (tertiary/aromatic N) is 2. The fourth-order valence-corrected chi connectivity index (χ4v) is 5.44. The van der Waals surface area contributed by atoms with Gasteiger partial charge in [-0.1, -0.05) is 48.5 Å². The molecule has 0 unspecified atom stereocenters. The molecule has 4 rings (SSSR count). The predicted octanol–water partition coefficient (Wildman–Crippen LogP) is 4.09. The predicted molar refractivity (Wildman–Crippen MR) is 175 cm³/mol. The first kappa shape index (κ1) is 34.1. The van der Waals surface area contributed by atoms with Crippen LogP contribution in [0.4, 0.5) is 11.4 Å². The maximum atomic E-state index is 14.4. The van der Waals surface area contributed by atoms with Gasteiger partial charge in [-0.2, -0.15) is 0 Å². The summed E-state index contributed by atoms with van der Waals surface area (Å²) in [4.78, 5) is 67.8. The van der Waals surface area contributed by atoms with Gasteiger partial charge in [0.25, 0.3) is 5.91 Å². The molecular formula is C35H42N4O7. The Hall–Kier alpha value is -4.77. The fourth-order valence-electron chi connectivity index (χ4n) is 5.44. The summed E-state index contributed by atoms with van der Waals surface area (Å²) in [5.74, 6) is -2.84. The smallest absolute Gasteiger partial charge is 0.320 e. The molecule has 0 aromatic heterocycles. The number of hydrogen-bond donors (Lipinski definition) is 3. The van der Waals surface area contributed by atoms with Gasteiger partial charge < -0.3 is 25.0 Å². The van der Waals surface area contributed by atoms with E-state index in [4.69, 9.17) is 9.84 Å². The number of nitrogens with one attached hydrogen (secondary N) is 2. The third kappa shape index (κ3) is 8.48. The largest absolute Gasteiger partial charge is 0.481 e. The quantitative estimate of drug-likeness (QED) is 0.269. The third-order valence-corrected chi connectivity index (χ3v) is 7.75. The van der Waals surface area contributed by atoms with Crippen molar-refractivity contribution < 1.29 is 33.8 Å². The molecule has 1 aliphatic heterocycles. The number of ether oxygens (including phenoxy) is 1. The molecule has 46 heavy (non-hydrogen) atoms. The highest BCUT2D eigenvalue weighted by atomic mass is 16.6. The van der Waals surface area contributed by atoms with E-state index in [0.29, 0.717) is 11.4 Å². The summed E-state index contributed by atoms with van der Waals surface area (Å²) < 4.78 is 5.31. The lowest BCUT2D eigenvalue weighted by Gasteiger charge is -2.27. The number of aliphatic carboxylic acids is 1. The zero-order valence-corrected chi connectivity index (χ0v) is 27.0. The first-order valence-electron chi connectivity index (χ1n) is 15.4. The van der Waals surface area contributed by atoms with Crippen LogP contribution in [0.5, 0.6) is 0 Å². The average Bonchev–Trinajstić information content (AvgIpc) is 3.10. The maximum Gasteiger partial charge on any atom is 0.320 e. The van der Waals surface area contributed by atoms with E-state index in [0.717, 1.165) is 21.9 Å². The van der Waals surface area contributed by atoms with Crippen molar-refractivity contribution in [2.45, 2.75) is 78.1 Å². The molecule has 0 spiro atoms. The second-order valence-electron chi connectivity index (χ2n) is 12.5. The number of aryl methyl sites for hydroxylation is 1. The molecular weight excluding hydrogens is 588 g/mol. The Bertz CT molecular complexity index is 1630. The van der Waals surface area contributed by atoms with E-state index in [1.54, 1.807) is 56.9 Å². The van der Waals surface area contributed by atoms with E-state index < -0.39 is 41.4 Å². The number of carboxylic acid groups (broad SMARTS) is 1. The molecule has 11 heteroatoms. The molecule has 3 aromatic rings. The van der Waals surface area contributed by atoms with Crippen molar-refractivity contribution in [2.75, 3.05) is 22.9 Å². The van der Waals surface area contributed by atoms with Crippen molar-refractivity contribution in [2.24, 2.45) is 0 Å². The molecule has 0 saturated heterocycles. The van der Waals surface area contributed by atoms with Crippen molar-refractivity contribution in [3.05, 3.63) is 71.8 Å². The standard InChI is InChI=1S/C35H42N4O7/c1-22-17-18-24-11-6-7-12-25(24)26(22)20-39-29-14-9-8-13-28(29)38(30(40)15-10-16-31(41)42)21-27(34(39)45)37-33(44)23(2)36-19-32(43)46-35(3,4)5/h6-9,11-14,17-18,23,27,36H,10,15-16,19-21H2,1-5H3,(H,37,44)(H,41,42)/t23-,27-/m0/s1. The van der Waals surface area contributed by atoms with Gasteiger partial charge in [0.05, 0.1) is 37.1 Å². The van der Waals surface area contributed by atoms with E-state index in [2.05, 4.69) is 10.6 Å². The lowest BCUT2D eigenvalue weighted by molar-refractivity contribution is -0.153. The minimum atomic E-state index is -1.13. The molecule has 1 aliphatic rings. The van der Waals surface area contributed by atoms with E-state index >= 15 is 0 Å². The van der Waals surface area contributed by atoms with Crippen molar-refractivity contribution in [3.8, 4) is 0 Å². The molecule has 244 valence electrons. The van der Waals surface area contributed by atoms with Gasteiger partial charge in [0.1, 0.15) is 11.6 Å². The average molecular weight is 631 g/mol. The Morgan fingerprint density at radius 2 is 1.65 bits per heavy atom. The number of carbonyl (C=O) groups excluding carboxylic acids is 4. The molecule has 3 aromatic carbocycles. The Kier molecular flexibility index (Phi) is 10.8. The van der Waals surface area contributed by atoms with Crippen LogP contribution in [0.3, 0.4) is 0 Å². The van der Waals surface area contributed by atoms with E-state index in [1.807, 2.05) is 43.3 Å². The SMILES string of the molecule is Cc1ccc2ccccc2c1CN1C(=O)[C@@H](NC(=O)[C@H](C)NCC(=O)OC(C)(C)C)CN(C(=O)CCCC(=O)O)c2ccccc21. The fraction of sp³-hybridized carbons (Fsp3) is 0.400. The van der Waals surface area contributed by atoms with Gasteiger partial charge in [0.2, 0.25) is 11.8 Å². The van der Waals surface area contributed by atoms with Crippen LogP contribution in [-0.4, -0.2) is 65.5 Å². The van der Waals surface area contributed by atoms with Crippen molar-refractivity contribution in [3.63, 3.8) is 0 Å². The number of esters is 1. The van der Waals surface area contributed by atoms with Crippen molar-refractivity contribution in [1.29, 1.82) is 0 Å². The first-order chi connectivity index (χ1) is 21.7. The molecule has 1 heterocycles. The summed E-state index contributed by atoms with van der Waals surface area (Å²) in [7, 11) is 0. The minimum Gasteiger partial charge on any atom is -0.481 e. The number of benzene rings is 3. The summed E-state index contributed by atoms with van der Waals surface area (Å²) in [5, 5.41) is 16.8. The van der Waals surface area contributed by atoms with E-state index in [9.17, 15) is 24.0 Å². The summed E-state index contributed by atoms with van der Waals surface area (Å²) in [6.45, 7) is 8.61. The lowest BCUT2D eigenvalue weighted by atomic mass is 9.99.